The molecule has 0 atom stereocenters. The minimum Gasteiger partial charge on any atom is -0.473 e. The zero-order valence-electron chi connectivity index (χ0n) is 19.2. The molecule has 6 nitrogen and oxygen atoms in total. The summed E-state index contributed by atoms with van der Waals surface area (Å²) >= 11 is 0. The molecule has 0 unspecified atom stereocenters. The Balaban J connectivity index is 1.55. The van der Waals surface area contributed by atoms with Gasteiger partial charge in [-0.15, -0.1) is 0 Å². The molecule has 6 heteroatoms. The van der Waals surface area contributed by atoms with Crippen molar-refractivity contribution in [1.82, 2.24) is 0 Å². The Kier molecular flexibility index (Phi) is 5.80. The first-order valence-corrected chi connectivity index (χ1v) is 11.3. The van der Waals surface area contributed by atoms with Crippen LogP contribution in [0.4, 0.5) is 5.69 Å². The number of anilines is 1. The molecule has 1 aromatic heterocycles. The van der Waals surface area contributed by atoms with Gasteiger partial charge in [-0.3, -0.25) is 0 Å². The van der Waals surface area contributed by atoms with Gasteiger partial charge in [0.2, 0.25) is 0 Å². The number of para-hydroxylation sites is 1. The van der Waals surface area contributed by atoms with Crippen molar-refractivity contribution >= 4 is 22.6 Å². The summed E-state index contributed by atoms with van der Waals surface area (Å²) in [5.41, 5.74) is 4.76. The SMILES string of the molecule is CCOC(=O)c1ccccc1N1COc2ccc3c(C)c(Cc4ccccc4)c(=O)oc3c2C1. The number of rotatable bonds is 5. The van der Waals surface area contributed by atoms with E-state index in [0.29, 0.717) is 47.7 Å². The molecule has 1 aliphatic heterocycles. The second-order valence-electron chi connectivity index (χ2n) is 8.28. The van der Waals surface area contributed by atoms with Crippen LogP contribution in [-0.2, 0) is 17.7 Å². The summed E-state index contributed by atoms with van der Waals surface area (Å²) in [6.07, 6.45) is 0.511. The van der Waals surface area contributed by atoms with E-state index in [0.717, 1.165) is 22.1 Å². The second kappa shape index (κ2) is 9.06. The summed E-state index contributed by atoms with van der Waals surface area (Å²) in [7, 11) is 0. The third-order valence-electron chi connectivity index (χ3n) is 6.20. The number of aryl methyl sites for hydroxylation is 1. The van der Waals surface area contributed by atoms with Gasteiger partial charge < -0.3 is 18.8 Å². The molecule has 3 aromatic carbocycles. The van der Waals surface area contributed by atoms with Gasteiger partial charge in [0.15, 0.2) is 6.73 Å². The topological polar surface area (TPSA) is 69.0 Å². The summed E-state index contributed by atoms with van der Waals surface area (Å²) in [6.45, 7) is 4.74. The van der Waals surface area contributed by atoms with Crippen molar-refractivity contribution in [3.8, 4) is 5.75 Å². The first-order chi connectivity index (χ1) is 16.6. The summed E-state index contributed by atoms with van der Waals surface area (Å²) in [4.78, 5) is 27.5. The molecule has 4 aromatic rings. The zero-order valence-corrected chi connectivity index (χ0v) is 19.2. The average Bonchev–Trinajstić information content (AvgIpc) is 2.87. The number of fused-ring (bicyclic) bond motifs is 3. The maximum absolute atomic E-state index is 13.0. The van der Waals surface area contributed by atoms with Crippen molar-refractivity contribution in [3.63, 3.8) is 0 Å². The Hall–Kier alpha value is -4.06. The molecule has 34 heavy (non-hydrogen) atoms. The third-order valence-corrected chi connectivity index (χ3v) is 6.20. The van der Waals surface area contributed by atoms with E-state index in [9.17, 15) is 9.59 Å². The fourth-order valence-electron chi connectivity index (χ4n) is 4.45. The minimum absolute atomic E-state index is 0.268. The van der Waals surface area contributed by atoms with Gasteiger partial charge in [0.25, 0.3) is 0 Å². The summed E-state index contributed by atoms with van der Waals surface area (Å²) in [5.74, 6) is 0.297. The van der Waals surface area contributed by atoms with Crippen LogP contribution in [0.3, 0.4) is 0 Å². The molecule has 0 saturated carbocycles. The van der Waals surface area contributed by atoms with Crippen LogP contribution in [-0.4, -0.2) is 19.3 Å². The maximum atomic E-state index is 13.0. The van der Waals surface area contributed by atoms with Crippen molar-refractivity contribution in [3.05, 3.63) is 105 Å². The van der Waals surface area contributed by atoms with Gasteiger partial charge in [0.1, 0.15) is 11.3 Å². The third kappa shape index (κ3) is 3.92. The van der Waals surface area contributed by atoms with Crippen LogP contribution in [0.15, 0.2) is 75.9 Å². The average molecular weight is 456 g/mol. The number of benzene rings is 3. The molecule has 0 bridgehead atoms. The van der Waals surface area contributed by atoms with Gasteiger partial charge in [-0.2, -0.15) is 0 Å². The second-order valence-corrected chi connectivity index (χ2v) is 8.28. The molecule has 0 saturated heterocycles. The van der Waals surface area contributed by atoms with Gasteiger partial charge in [0, 0.05) is 17.4 Å². The molecule has 0 N–H and O–H groups in total. The molecule has 0 amide bonds. The standard InChI is InChI=1S/C28H25NO5/c1-3-32-27(30)21-11-7-8-12-24(21)29-16-23-25(33-17-29)14-13-20-18(2)22(28(31)34-26(20)23)15-19-9-5-4-6-10-19/h4-14H,3,15-17H2,1-2H3. The van der Waals surface area contributed by atoms with E-state index in [-0.39, 0.29) is 18.3 Å². The van der Waals surface area contributed by atoms with Crippen molar-refractivity contribution < 1.29 is 18.7 Å². The number of carbonyl (C=O) groups is 1. The lowest BCUT2D eigenvalue weighted by atomic mass is 9.97. The number of esters is 1. The Bertz CT molecular complexity index is 1420. The van der Waals surface area contributed by atoms with Gasteiger partial charge in [-0.05, 0) is 49.2 Å². The first-order valence-electron chi connectivity index (χ1n) is 11.3. The molecule has 0 spiro atoms. The van der Waals surface area contributed by atoms with Gasteiger partial charge in [-0.25, -0.2) is 9.59 Å². The lowest BCUT2D eigenvalue weighted by molar-refractivity contribution is 0.0527. The number of ether oxygens (including phenoxy) is 2. The van der Waals surface area contributed by atoms with E-state index in [1.807, 2.05) is 66.4 Å². The predicted octanol–water partition coefficient (Wildman–Crippen LogP) is 5.23. The predicted molar refractivity (Wildman–Crippen MR) is 131 cm³/mol. The quantitative estimate of drug-likeness (QED) is 0.303. The minimum atomic E-state index is -0.380. The van der Waals surface area contributed by atoms with Gasteiger partial charge in [-0.1, -0.05) is 42.5 Å². The van der Waals surface area contributed by atoms with E-state index >= 15 is 0 Å². The van der Waals surface area contributed by atoms with Crippen LogP contribution in [0.2, 0.25) is 0 Å². The number of hydrogen-bond acceptors (Lipinski definition) is 6. The highest BCUT2D eigenvalue weighted by Crippen LogP contribution is 2.36. The monoisotopic (exact) mass is 455 g/mol. The zero-order chi connectivity index (χ0) is 23.7. The number of carbonyl (C=O) groups excluding carboxylic acids is 1. The van der Waals surface area contributed by atoms with Crippen molar-refractivity contribution in [2.24, 2.45) is 0 Å². The summed E-state index contributed by atoms with van der Waals surface area (Å²) in [6, 6.07) is 21.0. The highest BCUT2D eigenvalue weighted by atomic mass is 16.5. The molecule has 172 valence electrons. The van der Waals surface area contributed by atoms with Crippen LogP contribution < -0.4 is 15.3 Å². The van der Waals surface area contributed by atoms with E-state index in [1.54, 1.807) is 19.1 Å². The van der Waals surface area contributed by atoms with Crippen molar-refractivity contribution in [2.75, 3.05) is 18.2 Å². The van der Waals surface area contributed by atoms with E-state index in [2.05, 4.69) is 0 Å². The van der Waals surface area contributed by atoms with Crippen molar-refractivity contribution in [1.29, 1.82) is 0 Å². The molecule has 0 radical (unpaired) electrons. The lowest BCUT2D eigenvalue weighted by Gasteiger charge is -2.32. The molecule has 5 rings (SSSR count). The van der Waals surface area contributed by atoms with Gasteiger partial charge >= 0.3 is 11.6 Å². The van der Waals surface area contributed by atoms with E-state index < -0.39 is 0 Å². The Labute approximate surface area is 197 Å². The molecule has 0 aliphatic carbocycles. The molecular weight excluding hydrogens is 430 g/mol. The smallest absolute Gasteiger partial charge is 0.340 e. The van der Waals surface area contributed by atoms with E-state index in [4.69, 9.17) is 13.9 Å². The molecule has 2 heterocycles. The van der Waals surface area contributed by atoms with Gasteiger partial charge in [0.05, 0.1) is 30.0 Å². The van der Waals surface area contributed by atoms with Crippen LogP contribution in [0.5, 0.6) is 5.75 Å². The first kappa shape index (κ1) is 21.8. The van der Waals surface area contributed by atoms with E-state index in [1.165, 1.54) is 0 Å². The highest BCUT2D eigenvalue weighted by molar-refractivity contribution is 5.96. The van der Waals surface area contributed by atoms with Crippen LogP contribution >= 0.6 is 0 Å². The largest absolute Gasteiger partial charge is 0.473 e. The Morgan fingerprint density at radius 3 is 2.59 bits per heavy atom. The van der Waals surface area contributed by atoms with Crippen LogP contribution in [0.25, 0.3) is 11.0 Å². The number of hydrogen-bond donors (Lipinski definition) is 0. The maximum Gasteiger partial charge on any atom is 0.340 e. The Morgan fingerprint density at radius 1 is 1.03 bits per heavy atom. The summed E-state index contributed by atoms with van der Waals surface area (Å²) < 4.78 is 17.1. The molecule has 0 fully saturated rings. The fraction of sp³-hybridized carbons (Fsp3) is 0.214. The summed E-state index contributed by atoms with van der Waals surface area (Å²) in [5, 5.41) is 0.883. The Morgan fingerprint density at radius 2 is 1.79 bits per heavy atom. The van der Waals surface area contributed by atoms with Crippen molar-refractivity contribution in [2.45, 2.75) is 26.8 Å². The molecular formula is C28H25NO5. The highest BCUT2D eigenvalue weighted by Gasteiger charge is 2.26. The molecule has 1 aliphatic rings. The normalized spacial score (nSPS) is 12.8. The van der Waals surface area contributed by atoms with Crippen LogP contribution in [0, 0.1) is 6.92 Å². The van der Waals surface area contributed by atoms with Crippen LogP contribution in [0.1, 0.15) is 39.5 Å². The lowest BCUT2D eigenvalue weighted by Crippen LogP contribution is -2.33. The fourth-order valence-corrected chi connectivity index (χ4v) is 4.45. The number of nitrogens with zero attached hydrogens (tertiary/aromatic N) is 1.